The van der Waals surface area contributed by atoms with Gasteiger partial charge in [0, 0.05) is 12.6 Å². The van der Waals surface area contributed by atoms with E-state index in [-0.39, 0.29) is 12.2 Å². The minimum absolute atomic E-state index is 0.146. The Labute approximate surface area is 176 Å². The quantitative estimate of drug-likeness (QED) is 0.436. The Balaban J connectivity index is 1.81. The molecule has 2 rings (SSSR count). The molecule has 11 heteroatoms. The van der Waals surface area contributed by atoms with Crippen molar-refractivity contribution < 1.29 is 37.4 Å². The van der Waals surface area contributed by atoms with Gasteiger partial charge in [-0.1, -0.05) is 5.16 Å². The van der Waals surface area contributed by atoms with Crippen LogP contribution in [-0.2, 0) is 21.0 Å². The van der Waals surface area contributed by atoms with Crippen molar-refractivity contribution in [3.63, 3.8) is 0 Å². The molecule has 0 aliphatic rings. The number of oxime groups is 1. The molecule has 0 atom stereocenters. The van der Waals surface area contributed by atoms with E-state index in [9.17, 15) is 18.4 Å². The maximum atomic E-state index is 13.5. The molecule has 166 valence electrons. The smallest absolute Gasteiger partial charge is 0.270 e. The average Bonchev–Trinajstić information content (AvgIpc) is 2.76. The number of nitrogens with one attached hydrogen (secondary N) is 2. The van der Waals surface area contributed by atoms with Crippen LogP contribution in [0.4, 0.5) is 14.5 Å². The van der Waals surface area contributed by atoms with Crippen molar-refractivity contribution in [2.45, 2.75) is 6.54 Å². The topological polar surface area (TPSA) is 107 Å². The van der Waals surface area contributed by atoms with Gasteiger partial charge in [-0.15, -0.1) is 0 Å². The molecule has 0 spiro atoms. The van der Waals surface area contributed by atoms with Gasteiger partial charge in [0.05, 0.1) is 27.0 Å². The number of amides is 2. The van der Waals surface area contributed by atoms with Gasteiger partial charge in [0.25, 0.3) is 11.8 Å². The number of carbonyl (C=O) groups is 2. The standard InChI is InChI=1S/C20H21F2N3O6/c1-28-16-6-12(7-17(29-2)20(16)30-3)9-23-19(27)11-31-24-10-18(26)25-15-5-4-13(21)8-14(15)22/h4-8,10H,9,11H2,1-3H3,(H,23,27)(H,25,26)/b24-10+. The molecule has 0 saturated heterocycles. The second-order valence-electron chi connectivity index (χ2n) is 5.93. The van der Waals surface area contributed by atoms with Crippen LogP contribution >= 0.6 is 0 Å². The molecule has 9 nitrogen and oxygen atoms in total. The van der Waals surface area contributed by atoms with E-state index in [1.165, 1.54) is 21.3 Å². The Hall–Kier alpha value is -3.89. The normalized spacial score (nSPS) is 10.5. The fourth-order valence-electron chi connectivity index (χ4n) is 2.43. The lowest BCUT2D eigenvalue weighted by Crippen LogP contribution is -2.26. The number of hydrogen-bond acceptors (Lipinski definition) is 7. The molecule has 0 bridgehead atoms. The van der Waals surface area contributed by atoms with Crippen molar-refractivity contribution in [3.8, 4) is 17.2 Å². The molecule has 0 aliphatic carbocycles. The highest BCUT2D eigenvalue weighted by atomic mass is 19.1. The van der Waals surface area contributed by atoms with E-state index in [0.717, 1.165) is 18.3 Å². The molecule has 2 N–H and O–H groups in total. The highest BCUT2D eigenvalue weighted by molar-refractivity contribution is 6.31. The Morgan fingerprint density at radius 3 is 2.29 bits per heavy atom. The maximum absolute atomic E-state index is 13.5. The van der Waals surface area contributed by atoms with Crippen molar-refractivity contribution >= 4 is 23.7 Å². The van der Waals surface area contributed by atoms with Crippen LogP contribution in [0.3, 0.4) is 0 Å². The van der Waals surface area contributed by atoms with E-state index < -0.39 is 30.1 Å². The summed E-state index contributed by atoms with van der Waals surface area (Å²) >= 11 is 0. The molecule has 31 heavy (non-hydrogen) atoms. The molecule has 0 saturated carbocycles. The van der Waals surface area contributed by atoms with Gasteiger partial charge in [0.15, 0.2) is 18.1 Å². The van der Waals surface area contributed by atoms with Gasteiger partial charge < -0.3 is 29.7 Å². The molecule has 0 unspecified atom stereocenters. The SMILES string of the molecule is COc1cc(CNC(=O)CO/N=C/C(=O)Nc2ccc(F)cc2F)cc(OC)c1OC. The molecule has 0 aromatic heterocycles. The van der Waals surface area contributed by atoms with E-state index in [4.69, 9.17) is 19.0 Å². The van der Waals surface area contributed by atoms with Gasteiger partial charge in [-0.2, -0.15) is 0 Å². The highest BCUT2D eigenvalue weighted by Gasteiger charge is 2.13. The van der Waals surface area contributed by atoms with Crippen LogP contribution in [0.15, 0.2) is 35.5 Å². The number of methoxy groups -OCH3 is 3. The average molecular weight is 437 g/mol. The number of ether oxygens (including phenoxy) is 3. The predicted molar refractivity (Wildman–Crippen MR) is 107 cm³/mol. The Bertz CT molecular complexity index is 943. The molecule has 2 amide bonds. The number of benzene rings is 2. The van der Waals surface area contributed by atoms with Crippen molar-refractivity contribution in [1.29, 1.82) is 0 Å². The number of anilines is 1. The van der Waals surface area contributed by atoms with Crippen molar-refractivity contribution in [3.05, 3.63) is 47.5 Å². The lowest BCUT2D eigenvalue weighted by molar-refractivity contribution is -0.126. The fourth-order valence-corrected chi connectivity index (χ4v) is 2.43. The van der Waals surface area contributed by atoms with Gasteiger partial charge in [-0.05, 0) is 29.8 Å². The Kier molecular flexibility index (Phi) is 8.55. The summed E-state index contributed by atoms with van der Waals surface area (Å²) in [6, 6.07) is 6.04. The lowest BCUT2D eigenvalue weighted by atomic mass is 10.1. The zero-order chi connectivity index (χ0) is 22.8. The van der Waals surface area contributed by atoms with Crippen LogP contribution in [0.1, 0.15) is 5.56 Å². The molecule has 2 aromatic rings. The minimum atomic E-state index is -0.936. The second-order valence-corrected chi connectivity index (χ2v) is 5.93. The van der Waals surface area contributed by atoms with Crippen LogP contribution in [-0.4, -0.2) is 46.0 Å². The summed E-state index contributed by atoms with van der Waals surface area (Å²) in [5.41, 5.74) is 0.466. The monoisotopic (exact) mass is 437 g/mol. The first-order chi connectivity index (χ1) is 14.9. The van der Waals surface area contributed by atoms with E-state index in [2.05, 4.69) is 15.8 Å². The minimum Gasteiger partial charge on any atom is -0.493 e. The maximum Gasteiger partial charge on any atom is 0.270 e. The third-order valence-corrected chi connectivity index (χ3v) is 3.84. The number of hydrogen-bond donors (Lipinski definition) is 2. The van der Waals surface area contributed by atoms with Crippen LogP contribution in [0.25, 0.3) is 0 Å². The summed E-state index contributed by atoms with van der Waals surface area (Å²) in [5, 5.41) is 8.10. The summed E-state index contributed by atoms with van der Waals surface area (Å²) in [6.45, 7) is -0.313. The van der Waals surface area contributed by atoms with Crippen molar-refractivity contribution in [2.75, 3.05) is 33.3 Å². The Morgan fingerprint density at radius 2 is 1.71 bits per heavy atom. The molecule has 0 heterocycles. The van der Waals surface area contributed by atoms with Gasteiger partial charge in [-0.25, -0.2) is 8.78 Å². The van der Waals surface area contributed by atoms with Crippen LogP contribution in [0, 0.1) is 11.6 Å². The van der Waals surface area contributed by atoms with E-state index in [0.29, 0.717) is 28.9 Å². The zero-order valence-corrected chi connectivity index (χ0v) is 17.0. The third kappa shape index (κ3) is 6.84. The molecule has 0 aliphatic heterocycles. The summed E-state index contributed by atoms with van der Waals surface area (Å²) < 4.78 is 42.0. The third-order valence-electron chi connectivity index (χ3n) is 3.84. The number of rotatable bonds is 10. The fraction of sp³-hybridized carbons (Fsp3) is 0.250. The molecular weight excluding hydrogens is 416 g/mol. The summed E-state index contributed by atoms with van der Waals surface area (Å²) in [5.74, 6) is -1.72. The van der Waals surface area contributed by atoms with Gasteiger partial charge >= 0.3 is 0 Å². The summed E-state index contributed by atoms with van der Waals surface area (Å²) in [4.78, 5) is 28.3. The number of carbonyl (C=O) groups excluding carboxylic acids is 2. The first-order valence-corrected chi connectivity index (χ1v) is 8.84. The van der Waals surface area contributed by atoms with Gasteiger partial charge in [0.1, 0.15) is 17.8 Å². The van der Waals surface area contributed by atoms with Crippen molar-refractivity contribution in [1.82, 2.24) is 5.32 Å². The van der Waals surface area contributed by atoms with Crippen LogP contribution in [0.2, 0.25) is 0 Å². The van der Waals surface area contributed by atoms with E-state index >= 15 is 0 Å². The summed E-state index contributed by atoms with van der Waals surface area (Å²) in [6.07, 6.45) is 0.718. The highest BCUT2D eigenvalue weighted by Crippen LogP contribution is 2.38. The molecule has 0 fully saturated rings. The van der Waals surface area contributed by atoms with Crippen molar-refractivity contribution in [2.24, 2.45) is 5.16 Å². The van der Waals surface area contributed by atoms with E-state index in [1.54, 1.807) is 12.1 Å². The molecule has 2 aromatic carbocycles. The number of halogens is 2. The predicted octanol–water partition coefficient (Wildman–Crippen LogP) is 2.25. The lowest BCUT2D eigenvalue weighted by Gasteiger charge is -2.14. The van der Waals surface area contributed by atoms with Crippen LogP contribution < -0.4 is 24.8 Å². The number of nitrogens with zero attached hydrogens (tertiary/aromatic N) is 1. The van der Waals surface area contributed by atoms with Gasteiger partial charge in [0.2, 0.25) is 5.75 Å². The molecular formula is C20H21F2N3O6. The zero-order valence-electron chi connectivity index (χ0n) is 17.0. The first-order valence-electron chi connectivity index (χ1n) is 8.84. The largest absolute Gasteiger partial charge is 0.493 e. The Morgan fingerprint density at radius 1 is 1.03 bits per heavy atom. The van der Waals surface area contributed by atoms with Gasteiger partial charge in [-0.3, -0.25) is 9.59 Å². The van der Waals surface area contributed by atoms with E-state index in [1.807, 2.05) is 0 Å². The second kappa shape index (κ2) is 11.3. The first kappa shape index (κ1) is 23.4. The van der Waals surface area contributed by atoms with Crippen LogP contribution in [0.5, 0.6) is 17.2 Å². The molecule has 0 radical (unpaired) electrons. The summed E-state index contributed by atoms with van der Waals surface area (Å²) in [7, 11) is 4.44.